The minimum atomic E-state index is 0.784. The third-order valence-electron chi connectivity index (χ3n) is 2.62. The Balaban J connectivity index is 2.14. The maximum absolute atomic E-state index is 5.27. The van der Waals surface area contributed by atoms with Crippen LogP contribution in [0.2, 0.25) is 0 Å². The number of benzene rings is 1. The van der Waals surface area contributed by atoms with Crippen molar-refractivity contribution in [3.63, 3.8) is 0 Å². The van der Waals surface area contributed by atoms with Crippen LogP contribution in [0.1, 0.15) is 25.2 Å². The molecule has 0 bridgehead atoms. The number of nitrogens with one attached hydrogen (secondary N) is 1. The molecule has 2 aromatic rings. The summed E-state index contributed by atoms with van der Waals surface area (Å²) < 4.78 is 5.27. The summed E-state index contributed by atoms with van der Waals surface area (Å²) >= 11 is 0. The molecule has 0 saturated heterocycles. The normalized spacial score (nSPS) is 11.5. The minimum absolute atomic E-state index is 0.784. The van der Waals surface area contributed by atoms with Crippen LogP contribution in [-0.4, -0.2) is 5.71 Å². The Hall–Kier alpha value is -2.03. The Morgan fingerprint density at radius 1 is 1.24 bits per heavy atom. The number of anilines is 1. The fourth-order valence-corrected chi connectivity index (χ4v) is 1.62. The first kappa shape index (κ1) is 11.5. The molecule has 0 saturated carbocycles. The summed E-state index contributed by atoms with van der Waals surface area (Å²) in [5.41, 5.74) is 6.21. The van der Waals surface area contributed by atoms with E-state index in [0.717, 1.165) is 23.6 Å². The molecule has 2 rings (SSSR count). The average Bonchev–Trinajstić information content (AvgIpc) is 2.90. The zero-order valence-corrected chi connectivity index (χ0v) is 10.1. The number of rotatable bonds is 4. The molecule has 17 heavy (non-hydrogen) atoms. The number of furan rings is 1. The third kappa shape index (κ3) is 2.75. The number of hydrogen-bond acceptors (Lipinski definition) is 3. The van der Waals surface area contributed by atoms with E-state index in [4.69, 9.17) is 4.42 Å². The summed E-state index contributed by atoms with van der Waals surface area (Å²) in [6.07, 6.45) is 2.63. The van der Waals surface area contributed by atoms with Gasteiger partial charge in [-0.15, -0.1) is 0 Å². The monoisotopic (exact) mass is 228 g/mol. The van der Waals surface area contributed by atoms with E-state index in [1.54, 1.807) is 6.26 Å². The van der Waals surface area contributed by atoms with Gasteiger partial charge in [-0.1, -0.05) is 25.1 Å². The second-order valence-electron chi connectivity index (χ2n) is 3.80. The van der Waals surface area contributed by atoms with Gasteiger partial charge in [0.1, 0.15) is 11.5 Å². The first-order valence-electron chi connectivity index (χ1n) is 5.73. The van der Waals surface area contributed by atoms with Crippen LogP contribution in [0.4, 0.5) is 5.69 Å². The van der Waals surface area contributed by atoms with Gasteiger partial charge in [0, 0.05) is 0 Å². The van der Waals surface area contributed by atoms with Crippen molar-refractivity contribution in [2.45, 2.75) is 20.3 Å². The van der Waals surface area contributed by atoms with Gasteiger partial charge in [0.05, 0.1) is 12.0 Å². The molecule has 0 aliphatic heterocycles. The fourth-order valence-electron chi connectivity index (χ4n) is 1.62. The van der Waals surface area contributed by atoms with E-state index < -0.39 is 0 Å². The van der Waals surface area contributed by atoms with Gasteiger partial charge in [-0.25, -0.2) is 0 Å². The minimum Gasteiger partial charge on any atom is -0.463 e. The van der Waals surface area contributed by atoms with Crippen LogP contribution in [0.3, 0.4) is 0 Å². The molecule has 3 heteroatoms. The van der Waals surface area contributed by atoms with Gasteiger partial charge >= 0.3 is 0 Å². The van der Waals surface area contributed by atoms with Gasteiger partial charge < -0.3 is 4.42 Å². The molecule has 88 valence electrons. The predicted molar refractivity (Wildman–Crippen MR) is 70.4 cm³/mol. The molecule has 0 radical (unpaired) electrons. The van der Waals surface area contributed by atoms with E-state index >= 15 is 0 Å². The molecule has 1 aromatic heterocycles. The Labute approximate surface area is 101 Å². The molecule has 1 aromatic carbocycles. The van der Waals surface area contributed by atoms with E-state index in [1.165, 1.54) is 5.56 Å². The standard InChI is InChI=1S/C14H16N2O/c1-3-12-7-4-5-8-13(12)16-15-11(2)14-9-6-10-17-14/h4-10,16H,3H2,1-2H3/b15-11-. The number of para-hydroxylation sites is 1. The van der Waals surface area contributed by atoms with Crippen LogP contribution in [0.25, 0.3) is 0 Å². The Kier molecular flexibility index (Phi) is 3.60. The lowest BCUT2D eigenvalue weighted by Crippen LogP contribution is -2.00. The predicted octanol–water partition coefficient (Wildman–Crippen LogP) is 3.68. The van der Waals surface area contributed by atoms with Gasteiger partial charge in [-0.3, -0.25) is 5.43 Å². The van der Waals surface area contributed by atoms with Gasteiger partial charge in [0.15, 0.2) is 0 Å². The molecular weight excluding hydrogens is 212 g/mol. The molecule has 0 atom stereocenters. The van der Waals surface area contributed by atoms with Crippen molar-refractivity contribution in [2.24, 2.45) is 5.10 Å². The molecule has 0 fully saturated rings. The quantitative estimate of drug-likeness (QED) is 0.640. The summed E-state index contributed by atoms with van der Waals surface area (Å²) in [4.78, 5) is 0. The largest absolute Gasteiger partial charge is 0.463 e. The van der Waals surface area contributed by atoms with Gasteiger partial charge in [0.2, 0.25) is 0 Å². The number of hydrogen-bond donors (Lipinski definition) is 1. The third-order valence-corrected chi connectivity index (χ3v) is 2.62. The molecule has 1 heterocycles. The average molecular weight is 228 g/mol. The van der Waals surface area contributed by atoms with Crippen LogP contribution < -0.4 is 5.43 Å². The topological polar surface area (TPSA) is 37.5 Å². The molecule has 0 aliphatic carbocycles. The van der Waals surface area contributed by atoms with Crippen LogP contribution in [0.5, 0.6) is 0 Å². The van der Waals surface area contributed by atoms with E-state index in [0.29, 0.717) is 0 Å². The van der Waals surface area contributed by atoms with Crippen molar-refractivity contribution in [2.75, 3.05) is 5.43 Å². The van der Waals surface area contributed by atoms with E-state index in [9.17, 15) is 0 Å². The Bertz CT molecular complexity index is 501. The zero-order chi connectivity index (χ0) is 12.1. The maximum Gasteiger partial charge on any atom is 0.149 e. The first-order valence-corrected chi connectivity index (χ1v) is 5.73. The van der Waals surface area contributed by atoms with Crippen molar-refractivity contribution >= 4 is 11.4 Å². The Morgan fingerprint density at radius 3 is 2.76 bits per heavy atom. The summed E-state index contributed by atoms with van der Waals surface area (Å²) in [6, 6.07) is 11.9. The van der Waals surface area contributed by atoms with Gasteiger partial charge in [-0.05, 0) is 37.1 Å². The highest BCUT2D eigenvalue weighted by Gasteiger charge is 2.01. The SMILES string of the molecule is CCc1ccccc1N/N=C(/C)c1ccco1. The van der Waals surface area contributed by atoms with Crippen molar-refractivity contribution in [1.82, 2.24) is 0 Å². The van der Waals surface area contributed by atoms with E-state index in [2.05, 4.69) is 23.5 Å². The lowest BCUT2D eigenvalue weighted by molar-refractivity contribution is 0.557. The van der Waals surface area contributed by atoms with Crippen LogP contribution in [-0.2, 0) is 6.42 Å². The maximum atomic E-state index is 5.27. The zero-order valence-electron chi connectivity index (χ0n) is 10.1. The molecule has 0 aliphatic rings. The molecule has 0 amide bonds. The highest BCUT2D eigenvalue weighted by Crippen LogP contribution is 2.15. The summed E-state index contributed by atoms with van der Waals surface area (Å²) in [5, 5.41) is 4.32. The summed E-state index contributed by atoms with van der Waals surface area (Å²) in [5.74, 6) is 0.784. The van der Waals surface area contributed by atoms with Crippen molar-refractivity contribution in [3.8, 4) is 0 Å². The molecule has 0 spiro atoms. The summed E-state index contributed by atoms with van der Waals surface area (Å²) in [6.45, 7) is 4.05. The lowest BCUT2D eigenvalue weighted by atomic mass is 10.1. The van der Waals surface area contributed by atoms with Crippen molar-refractivity contribution < 1.29 is 4.42 Å². The molecule has 3 nitrogen and oxygen atoms in total. The van der Waals surface area contributed by atoms with Crippen LogP contribution in [0.15, 0.2) is 52.2 Å². The fraction of sp³-hybridized carbons (Fsp3) is 0.214. The first-order chi connectivity index (χ1) is 8.31. The van der Waals surface area contributed by atoms with Gasteiger partial charge in [-0.2, -0.15) is 5.10 Å². The second-order valence-corrected chi connectivity index (χ2v) is 3.80. The Morgan fingerprint density at radius 2 is 2.06 bits per heavy atom. The number of hydrazone groups is 1. The highest BCUT2D eigenvalue weighted by molar-refractivity contribution is 5.96. The number of nitrogens with zero attached hydrogens (tertiary/aromatic N) is 1. The van der Waals surface area contributed by atoms with Gasteiger partial charge in [0.25, 0.3) is 0 Å². The highest BCUT2D eigenvalue weighted by atomic mass is 16.3. The molecular formula is C14H16N2O. The lowest BCUT2D eigenvalue weighted by Gasteiger charge is -2.06. The van der Waals surface area contributed by atoms with E-state index in [-0.39, 0.29) is 0 Å². The van der Waals surface area contributed by atoms with Crippen LogP contribution in [0, 0.1) is 0 Å². The van der Waals surface area contributed by atoms with Crippen LogP contribution >= 0.6 is 0 Å². The van der Waals surface area contributed by atoms with E-state index in [1.807, 2.05) is 37.3 Å². The number of aryl methyl sites for hydroxylation is 1. The molecule has 0 unspecified atom stereocenters. The molecule has 1 N–H and O–H groups in total. The second kappa shape index (κ2) is 5.34. The van der Waals surface area contributed by atoms with Crippen molar-refractivity contribution in [1.29, 1.82) is 0 Å². The summed E-state index contributed by atoms with van der Waals surface area (Å²) in [7, 11) is 0. The smallest absolute Gasteiger partial charge is 0.149 e. The van der Waals surface area contributed by atoms with Crippen molar-refractivity contribution in [3.05, 3.63) is 54.0 Å².